The van der Waals surface area contributed by atoms with Gasteiger partial charge < -0.3 is 16.6 Å². The zero-order chi connectivity index (χ0) is 8.72. The van der Waals surface area contributed by atoms with Gasteiger partial charge in [-0.2, -0.15) is 0 Å². The van der Waals surface area contributed by atoms with Crippen molar-refractivity contribution in [1.29, 1.82) is 0 Å². The van der Waals surface area contributed by atoms with Crippen LogP contribution in [0.15, 0.2) is 17.5 Å². The summed E-state index contributed by atoms with van der Waals surface area (Å²) in [6.07, 6.45) is 0. The van der Waals surface area contributed by atoms with Crippen LogP contribution in [0.4, 0.5) is 11.4 Å². The van der Waals surface area contributed by atoms with Gasteiger partial charge in [-0.25, -0.2) is 0 Å². The van der Waals surface area contributed by atoms with Gasteiger partial charge in [-0.1, -0.05) is 0 Å². The van der Waals surface area contributed by atoms with E-state index in [1.165, 1.54) is 11.3 Å². The molecule has 0 fully saturated rings. The van der Waals surface area contributed by atoms with Crippen molar-refractivity contribution >= 4 is 32.8 Å². The van der Waals surface area contributed by atoms with E-state index in [1.807, 2.05) is 11.4 Å². The van der Waals surface area contributed by atoms with Gasteiger partial charge in [-0.05, 0) is 17.5 Å². The number of thiophene rings is 1. The molecule has 0 bridgehead atoms. The quantitative estimate of drug-likeness (QED) is 0.427. The van der Waals surface area contributed by atoms with Gasteiger partial charge >= 0.3 is 0 Å². The smallest absolute Gasteiger partial charge is 0.149 e. The molecular weight excluding hydrogens is 172 g/mol. The SMILES string of the molecule is Nc1cc2sccc2c(O)c1N. The van der Waals surface area contributed by atoms with E-state index in [4.69, 9.17) is 11.5 Å². The van der Waals surface area contributed by atoms with E-state index < -0.39 is 0 Å². The lowest BCUT2D eigenvalue weighted by Crippen LogP contribution is -1.94. The third-order valence-corrected chi connectivity index (χ3v) is 2.67. The first-order valence-corrected chi connectivity index (χ1v) is 4.32. The number of phenols is 1. The van der Waals surface area contributed by atoms with Gasteiger partial charge in [-0.15, -0.1) is 11.3 Å². The number of hydrogen-bond donors (Lipinski definition) is 3. The van der Waals surface area contributed by atoms with Crippen molar-refractivity contribution in [2.24, 2.45) is 0 Å². The molecule has 5 N–H and O–H groups in total. The summed E-state index contributed by atoms with van der Waals surface area (Å²) in [7, 11) is 0. The fraction of sp³-hybridized carbons (Fsp3) is 0. The first-order valence-electron chi connectivity index (χ1n) is 3.44. The molecule has 0 aliphatic rings. The summed E-state index contributed by atoms with van der Waals surface area (Å²) >= 11 is 1.53. The van der Waals surface area contributed by atoms with Crippen molar-refractivity contribution in [2.75, 3.05) is 11.5 Å². The minimum absolute atomic E-state index is 0.0891. The van der Waals surface area contributed by atoms with Crippen LogP contribution in [-0.2, 0) is 0 Å². The second-order valence-electron chi connectivity index (χ2n) is 2.56. The van der Waals surface area contributed by atoms with Crippen LogP contribution in [0, 0.1) is 0 Å². The maximum Gasteiger partial charge on any atom is 0.149 e. The molecule has 1 heterocycles. The standard InChI is InChI=1S/C8H8N2OS/c9-5-3-6-4(1-2-12-6)8(11)7(5)10/h1-3,11H,9-10H2. The molecule has 0 atom stereocenters. The van der Waals surface area contributed by atoms with Crippen LogP contribution < -0.4 is 11.5 Å². The molecule has 0 radical (unpaired) electrons. The van der Waals surface area contributed by atoms with Crippen LogP contribution in [0.5, 0.6) is 5.75 Å². The Labute approximate surface area is 73.2 Å². The summed E-state index contributed by atoms with van der Waals surface area (Å²) in [5.41, 5.74) is 11.8. The monoisotopic (exact) mass is 180 g/mol. The molecule has 0 amide bonds. The second-order valence-corrected chi connectivity index (χ2v) is 3.51. The van der Waals surface area contributed by atoms with Crippen molar-refractivity contribution < 1.29 is 5.11 Å². The van der Waals surface area contributed by atoms with Crippen LogP contribution in [0.2, 0.25) is 0 Å². The first kappa shape index (κ1) is 7.24. The normalized spacial score (nSPS) is 10.7. The molecule has 4 heteroatoms. The maximum atomic E-state index is 9.53. The average molecular weight is 180 g/mol. The van der Waals surface area contributed by atoms with E-state index in [-0.39, 0.29) is 11.4 Å². The topological polar surface area (TPSA) is 72.3 Å². The summed E-state index contributed by atoms with van der Waals surface area (Å²) < 4.78 is 0.958. The summed E-state index contributed by atoms with van der Waals surface area (Å²) in [4.78, 5) is 0. The van der Waals surface area contributed by atoms with Crippen LogP contribution in [0.25, 0.3) is 10.1 Å². The van der Waals surface area contributed by atoms with E-state index in [1.54, 1.807) is 6.07 Å². The molecule has 3 nitrogen and oxygen atoms in total. The Balaban J connectivity index is 2.94. The number of nitrogens with two attached hydrogens (primary N) is 2. The van der Waals surface area contributed by atoms with Gasteiger partial charge in [0.25, 0.3) is 0 Å². The molecular formula is C8H8N2OS. The fourth-order valence-corrected chi connectivity index (χ4v) is 1.97. The molecule has 0 saturated heterocycles. The van der Waals surface area contributed by atoms with E-state index in [2.05, 4.69) is 0 Å². The molecule has 0 aliphatic carbocycles. The molecule has 0 aliphatic heterocycles. The molecule has 12 heavy (non-hydrogen) atoms. The van der Waals surface area contributed by atoms with Crippen molar-refractivity contribution in [2.45, 2.75) is 0 Å². The molecule has 2 rings (SSSR count). The molecule has 1 aromatic heterocycles. The van der Waals surface area contributed by atoms with E-state index in [9.17, 15) is 5.11 Å². The third-order valence-electron chi connectivity index (χ3n) is 1.80. The summed E-state index contributed by atoms with van der Waals surface area (Å²) in [6.45, 7) is 0. The molecule has 62 valence electrons. The van der Waals surface area contributed by atoms with Gasteiger partial charge in [-0.3, -0.25) is 0 Å². The number of aromatic hydroxyl groups is 1. The molecule has 0 unspecified atom stereocenters. The van der Waals surface area contributed by atoms with Crippen molar-refractivity contribution in [3.05, 3.63) is 17.5 Å². The Bertz CT molecular complexity index is 436. The summed E-state index contributed by atoms with van der Waals surface area (Å²) in [5.74, 6) is 0.0891. The van der Waals surface area contributed by atoms with Gasteiger partial charge in [0.2, 0.25) is 0 Å². The van der Waals surface area contributed by atoms with Crippen LogP contribution in [-0.4, -0.2) is 5.11 Å². The second kappa shape index (κ2) is 2.28. The minimum Gasteiger partial charge on any atom is -0.505 e. The number of benzene rings is 1. The van der Waals surface area contributed by atoms with Crippen LogP contribution >= 0.6 is 11.3 Å². The lowest BCUT2D eigenvalue weighted by molar-refractivity contribution is 0.484. The predicted molar refractivity (Wildman–Crippen MR) is 52.3 cm³/mol. The summed E-state index contributed by atoms with van der Waals surface area (Å²) in [5, 5.41) is 12.2. The lowest BCUT2D eigenvalue weighted by atomic mass is 10.2. The minimum atomic E-state index is 0.0891. The van der Waals surface area contributed by atoms with Crippen molar-refractivity contribution in [1.82, 2.24) is 0 Å². The predicted octanol–water partition coefficient (Wildman–Crippen LogP) is 1.77. The fourth-order valence-electron chi connectivity index (χ4n) is 1.13. The number of fused-ring (bicyclic) bond motifs is 1. The van der Waals surface area contributed by atoms with Crippen LogP contribution in [0.3, 0.4) is 0 Å². The zero-order valence-electron chi connectivity index (χ0n) is 6.24. The van der Waals surface area contributed by atoms with E-state index in [0.29, 0.717) is 5.69 Å². The Morgan fingerprint density at radius 1 is 1.33 bits per heavy atom. The molecule has 2 aromatic rings. The highest BCUT2D eigenvalue weighted by atomic mass is 32.1. The largest absolute Gasteiger partial charge is 0.505 e. The molecule has 0 spiro atoms. The Kier molecular flexibility index (Phi) is 1.38. The number of phenolic OH excluding ortho intramolecular Hbond substituents is 1. The zero-order valence-corrected chi connectivity index (χ0v) is 7.06. The maximum absolute atomic E-state index is 9.53. The Morgan fingerprint density at radius 2 is 2.08 bits per heavy atom. The van der Waals surface area contributed by atoms with Crippen molar-refractivity contribution in [3.63, 3.8) is 0 Å². The molecule has 1 aromatic carbocycles. The van der Waals surface area contributed by atoms with Crippen molar-refractivity contribution in [3.8, 4) is 5.75 Å². The van der Waals surface area contributed by atoms with Gasteiger partial charge in [0.05, 0.1) is 11.4 Å². The summed E-state index contributed by atoms with van der Waals surface area (Å²) in [6, 6.07) is 3.60. The third kappa shape index (κ3) is 0.816. The van der Waals surface area contributed by atoms with Gasteiger partial charge in [0.1, 0.15) is 5.75 Å². The Hall–Kier alpha value is -1.42. The molecule has 0 saturated carbocycles. The lowest BCUT2D eigenvalue weighted by Gasteiger charge is -2.03. The number of hydrogen-bond acceptors (Lipinski definition) is 4. The highest BCUT2D eigenvalue weighted by Gasteiger charge is 2.07. The number of anilines is 2. The average Bonchev–Trinajstić information content (AvgIpc) is 2.48. The number of rotatable bonds is 0. The number of nitrogen functional groups attached to an aromatic ring is 2. The Morgan fingerprint density at radius 3 is 2.83 bits per heavy atom. The highest BCUT2D eigenvalue weighted by Crippen LogP contribution is 2.37. The van der Waals surface area contributed by atoms with E-state index >= 15 is 0 Å². The first-order chi connectivity index (χ1) is 5.70. The highest BCUT2D eigenvalue weighted by molar-refractivity contribution is 7.17. The van der Waals surface area contributed by atoms with E-state index in [0.717, 1.165) is 10.1 Å². The van der Waals surface area contributed by atoms with Gasteiger partial charge in [0, 0.05) is 10.1 Å². The van der Waals surface area contributed by atoms with Gasteiger partial charge in [0.15, 0.2) is 0 Å². The van der Waals surface area contributed by atoms with Crippen LogP contribution in [0.1, 0.15) is 0 Å².